The molecule has 0 amide bonds. The fourth-order valence-electron chi connectivity index (χ4n) is 5.54. The zero-order valence-electron chi connectivity index (χ0n) is 28.5. The van der Waals surface area contributed by atoms with Gasteiger partial charge < -0.3 is 19.1 Å². The molecule has 4 rings (SSSR count). The molecule has 0 spiro atoms. The molecule has 3 heterocycles. The highest BCUT2D eigenvalue weighted by Crippen LogP contribution is 2.39. The summed E-state index contributed by atoms with van der Waals surface area (Å²) in [5.74, 6) is -0.179. The Morgan fingerprint density at radius 3 is 2.20 bits per heavy atom. The number of anilines is 1. The number of carbonyl (C=O) groups excluding carboxylic acids is 1. The molecule has 9 nitrogen and oxygen atoms in total. The predicted molar refractivity (Wildman–Crippen MR) is 188 cm³/mol. The van der Waals surface area contributed by atoms with E-state index in [0.29, 0.717) is 50.3 Å². The minimum atomic E-state index is -1.59. The molecular formula is C33H51ClFN5O4Si2. The van der Waals surface area contributed by atoms with Crippen molar-refractivity contribution in [3.63, 3.8) is 0 Å². The summed E-state index contributed by atoms with van der Waals surface area (Å²) in [4.78, 5) is 23.6. The zero-order valence-corrected chi connectivity index (χ0v) is 31.3. The summed E-state index contributed by atoms with van der Waals surface area (Å²) in [6, 6.07) is 7.88. The Bertz CT molecular complexity index is 1400. The smallest absolute Gasteiger partial charge is 0.341 e. The topological polar surface area (TPSA) is 91.1 Å². The Morgan fingerprint density at radius 1 is 1.02 bits per heavy atom. The molecule has 0 aromatic carbocycles. The van der Waals surface area contributed by atoms with Crippen LogP contribution in [0.25, 0.3) is 16.8 Å². The largest absolute Gasteiger partial charge is 0.464 e. The van der Waals surface area contributed by atoms with Crippen LogP contribution in [-0.4, -0.2) is 81.2 Å². The maximum Gasteiger partial charge on any atom is 0.341 e. The summed E-state index contributed by atoms with van der Waals surface area (Å²) in [5.41, 5.74) is 3.30. The average molecular weight is 692 g/mol. The van der Waals surface area contributed by atoms with Crippen LogP contribution in [0, 0.1) is 5.92 Å². The number of hydrogen-bond donors (Lipinski definition) is 0. The van der Waals surface area contributed by atoms with Crippen LogP contribution in [-0.2, 0) is 19.0 Å². The van der Waals surface area contributed by atoms with Crippen LogP contribution in [0.1, 0.15) is 44.2 Å². The number of esters is 1. The Labute approximate surface area is 280 Å². The third-order valence-electron chi connectivity index (χ3n) is 8.44. The summed E-state index contributed by atoms with van der Waals surface area (Å²) < 4.78 is 34.2. The van der Waals surface area contributed by atoms with E-state index in [1.807, 2.05) is 10.6 Å². The van der Waals surface area contributed by atoms with Crippen LogP contribution in [0.15, 0.2) is 30.6 Å². The molecule has 3 aromatic rings. The van der Waals surface area contributed by atoms with Gasteiger partial charge in [0, 0.05) is 70.3 Å². The second-order valence-corrected chi connectivity index (χ2v) is 26.3. The summed E-state index contributed by atoms with van der Waals surface area (Å²) >= 11 is 6.10. The van der Waals surface area contributed by atoms with E-state index >= 15 is 0 Å². The summed E-state index contributed by atoms with van der Waals surface area (Å²) in [5, 5.41) is 5.20. The second-order valence-electron chi connectivity index (χ2n) is 14.7. The van der Waals surface area contributed by atoms with Crippen molar-refractivity contribution in [2.24, 2.45) is 5.92 Å². The molecule has 1 unspecified atom stereocenters. The lowest BCUT2D eigenvalue weighted by molar-refractivity contribution is -0.151. The number of rotatable bonds is 16. The Kier molecular flexibility index (Phi) is 12.8. The zero-order chi connectivity index (χ0) is 33.5. The van der Waals surface area contributed by atoms with Crippen molar-refractivity contribution in [3.05, 3.63) is 41.4 Å². The lowest BCUT2D eigenvalue weighted by atomic mass is 9.78. The molecular weight excluding hydrogens is 641 g/mol. The first-order valence-corrected chi connectivity index (χ1v) is 24.3. The molecule has 1 aliphatic rings. The number of halogens is 2. The molecule has 1 fully saturated rings. The van der Waals surface area contributed by atoms with E-state index in [1.165, 1.54) is 0 Å². The number of alkyl halides is 1. The molecule has 0 aliphatic heterocycles. The molecule has 1 aliphatic carbocycles. The maximum absolute atomic E-state index is 14.9. The first-order valence-electron chi connectivity index (χ1n) is 16.5. The molecule has 0 radical (unpaired) electrons. The highest BCUT2D eigenvalue weighted by Gasteiger charge is 2.34. The average Bonchev–Trinajstić information content (AvgIpc) is 3.43. The molecule has 13 heteroatoms. The first kappa shape index (κ1) is 36.4. The molecule has 0 bridgehead atoms. The fraction of sp³-hybridized carbons (Fsp3) is 0.636. The Balaban J connectivity index is 1.67. The van der Waals surface area contributed by atoms with Gasteiger partial charge >= 0.3 is 5.97 Å². The minimum absolute atomic E-state index is 0.1000. The summed E-state index contributed by atoms with van der Waals surface area (Å²) in [6.07, 6.45) is 4.55. The maximum atomic E-state index is 14.9. The number of pyridine rings is 1. The van der Waals surface area contributed by atoms with Crippen molar-refractivity contribution in [3.8, 4) is 11.1 Å². The van der Waals surface area contributed by atoms with Gasteiger partial charge in [-0.05, 0) is 56.8 Å². The third kappa shape index (κ3) is 10.3. The van der Waals surface area contributed by atoms with E-state index in [0.717, 1.165) is 47.6 Å². The number of hydrogen-bond acceptors (Lipinski definition) is 8. The van der Waals surface area contributed by atoms with E-state index in [1.54, 1.807) is 25.4 Å². The van der Waals surface area contributed by atoms with Crippen LogP contribution >= 0.6 is 11.6 Å². The lowest BCUT2D eigenvalue weighted by Gasteiger charge is -2.31. The molecule has 3 aromatic heterocycles. The van der Waals surface area contributed by atoms with E-state index in [4.69, 9.17) is 35.9 Å². The van der Waals surface area contributed by atoms with Gasteiger partial charge in [0.25, 0.3) is 0 Å². The van der Waals surface area contributed by atoms with Gasteiger partial charge in [-0.1, -0.05) is 50.9 Å². The number of carbonyl (C=O) groups is 1. The molecule has 254 valence electrons. The predicted octanol–water partition coefficient (Wildman–Crippen LogP) is 8.05. The van der Waals surface area contributed by atoms with E-state index in [-0.39, 0.29) is 18.4 Å². The van der Waals surface area contributed by atoms with Crippen molar-refractivity contribution in [1.82, 2.24) is 19.6 Å². The third-order valence-corrected chi connectivity index (χ3v) is 12.1. The first-order chi connectivity index (χ1) is 21.8. The highest BCUT2D eigenvalue weighted by molar-refractivity contribution is 6.76. The van der Waals surface area contributed by atoms with E-state index in [9.17, 15) is 9.18 Å². The molecule has 0 N–H and O–H groups in total. The van der Waals surface area contributed by atoms with Crippen LogP contribution in [0.4, 0.5) is 10.2 Å². The molecule has 1 atom stereocenters. The van der Waals surface area contributed by atoms with Crippen molar-refractivity contribution in [1.29, 1.82) is 0 Å². The monoisotopic (exact) mass is 691 g/mol. The van der Waals surface area contributed by atoms with E-state index < -0.39 is 28.3 Å². The molecule has 46 heavy (non-hydrogen) atoms. The number of nitrogens with zero attached hydrogens (tertiary/aromatic N) is 5. The van der Waals surface area contributed by atoms with Gasteiger partial charge in [-0.3, -0.25) is 0 Å². The van der Waals surface area contributed by atoms with Gasteiger partial charge in [0.15, 0.2) is 11.8 Å². The van der Waals surface area contributed by atoms with E-state index in [2.05, 4.69) is 55.2 Å². The fourth-order valence-corrected chi connectivity index (χ4v) is 7.16. The SMILES string of the molecule is CCOC(=O)C(F)[C@H]1CC[C@@H](c2cc(N(COCC[Si](C)(C)C)COCC[Si](C)(C)C)n3ncc(-c4ccc(Cl)nc4)c3n2)CC1. The van der Waals surface area contributed by atoms with Crippen LogP contribution < -0.4 is 4.90 Å². The Hall–Kier alpha value is -2.39. The van der Waals surface area contributed by atoms with Crippen LogP contribution in [0.2, 0.25) is 56.5 Å². The van der Waals surface area contributed by atoms with Crippen LogP contribution in [0.5, 0.6) is 0 Å². The van der Waals surface area contributed by atoms with Gasteiger partial charge in [0.1, 0.15) is 24.4 Å². The van der Waals surface area contributed by atoms with Crippen molar-refractivity contribution < 1.29 is 23.4 Å². The quantitative estimate of drug-likeness (QED) is 0.0490. The Morgan fingerprint density at radius 2 is 1.65 bits per heavy atom. The number of fused-ring (bicyclic) bond motifs is 1. The van der Waals surface area contributed by atoms with Crippen molar-refractivity contribution >= 4 is 45.2 Å². The van der Waals surface area contributed by atoms with Gasteiger partial charge in [-0.2, -0.15) is 9.61 Å². The molecule has 1 saturated carbocycles. The molecule has 0 saturated heterocycles. The minimum Gasteiger partial charge on any atom is -0.464 e. The normalized spacial score (nSPS) is 18.1. The van der Waals surface area contributed by atoms with Crippen molar-refractivity contribution in [2.45, 2.75) is 96.1 Å². The number of aromatic nitrogens is 4. The number of ether oxygens (including phenoxy) is 3. The van der Waals surface area contributed by atoms with Gasteiger partial charge in [-0.25, -0.2) is 19.2 Å². The second kappa shape index (κ2) is 16.1. The standard InChI is InChI=1S/C33H51ClFN5O4Si2/c1-8-44-33(41)31(35)25-11-9-24(10-12-25)28-19-30(40-32(38-28)27(21-37-40)26-13-14-29(34)36-20-26)39(22-42-15-17-45(2,3)4)23-43-16-18-46(5,6)7/h13-14,19-21,24-25,31H,8-12,15-18,22-23H2,1-7H3/t24-,25+,31?. The summed E-state index contributed by atoms with van der Waals surface area (Å²) in [6.45, 7) is 18.0. The van der Waals surface area contributed by atoms with Gasteiger partial charge in [-0.15, -0.1) is 0 Å². The van der Waals surface area contributed by atoms with Gasteiger partial charge in [0.05, 0.1) is 12.8 Å². The van der Waals surface area contributed by atoms with Crippen molar-refractivity contribution in [2.75, 3.05) is 38.2 Å². The van der Waals surface area contributed by atoms with Crippen LogP contribution in [0.3, 0.4) is 0 Å². The highest BCUT2D eigenvalue weighted by atomic mass is 35.5. The van der Waals surface area contributed by atoms with Gasteiger partial charge in [0.2, 0.25) is 0 Å². The lowest BCUT2D eigenvalue weighted by Crippen LogP contribution is -2.33. The summed E-state index contributed by atoms with van der Waals surface area (Å²) in [7, 11) is -2.54.